The van der Waals surface area contributed by atoms with E-state index in [9.17, 15) is 9.59 Å². The van der Waals surface area contributed by atoms with Crippen LogP contribution in [0.4, 0.5) is 4.79 Å². The molecule has 2 fully saturated rings. The number of benzene rings is 2. The number of nitrogens with zero attached hydrogens (tertiary/aromatic N) is 4. The molecule has 1 aliphatic heterocycles. The summed E-state index contributed by atoms with van der Waals surface area (Å²) in [6.07, 6.45) is 6.09. The molecule has 37 heavy (non-hydrogen) atoms. The molecule has 0 spiro atoms. The fourth-order valence-corrected chi connectivity index (χ4v) is 6.39. The molecule has 2 aromatic carbocycles. The van der Waals surface area contributed by atoms with Crippen molar-refractivity contribution in [3.05, 3.63) is 57.3 Å². The summed E-state index contributed by atoms with van der Waals surface area (Å²) in [7, 11) is 0. The van der Waals surface area contributed by atoms with Gasteiger partial charge in [-0.1, -0.05) is 36.6 Å². The van der Waals surface area contributed by atoms with Crippen LogP contribution in [0.15, 0.2) is 41.2 Å². The van der Waals surface area contributed by atoms with Crippen LogP contribution in [-0.4, -0.2) is 43.6 Å². The van der Waals surface area contributed by atoms with Gasteiger partial charge in [0.15, 0.2) is 0 Å². The van der Waals surface area contributed by atoms with Crippen LogP contribution >= 0.6 is 11.6 Å². The molecular weight excluding hydrogens is 488 g/mol. The Morgan fingerprint density at radius 1 is 1.00 bits per heavy atom. The van der Waals surface area contributed by atoms with Crippen molar-refractivity contribution in [2.45, 2.75) is 76.9 Å². The molecular formula is C29H33ClN4O3. The number of likely N-dealkylation sites (tertiary alicyclic amines) is 1. The van der Waals surface area contributed by atoms with E-state index in [0.717, 1.165) is 42.2 Å². The van der Waals surface area contributed by atoms with E-state index in [0.29, 0.717) is 41.2 Å². The van der Waals surface area contributed by atoms with E-state index in [1.54, 1.807) is 6.07 Å². The minimum atomic E-state index is -0.489. The monoisotopic (exact) mass is 520 g/mol. The molecule has 1 saturated carbocycles. The minimum absolute atomic E-state index is 0.232. The van der Waals surface area contributed by atoms with Gasteiger partial charge in [0, 0.05) is 19.1 Å². The average Bonchev–Trinajstić information content (AvgIpc) is 3.48. The third-order valence-corrected chi connectivity index (χ3v) is 8.19. The first-order valence-corrected chi connectivity index (χ1v) is 13.7. The highest BCUT2D eigenvalue weighted by atomic mass is 35.5. The van der Waals surface area contributed by atoms with Crippen molar-refractivity contribution in [2.75, 3.05) is 13.1 Å². The molecule has 3 heterocycles. The van der Waals surface area contributed by atoms with Gasteiger partial charge < -0.3 is 14.2 Å². The molecule has 0 radical (unpaired) electrons. The van der Waals surface area contributed by atoms with Gasteiger partial charge in [0.05, 0.1) is 27.0 Å². The second-order valence-corrected chi connectivity index (χ2v) is 11.9. The molecule has 1 saturated heterocycles. The zero-order valence-corrected chi connectivity index (χ0v) is 22.4. The average molecular weight is 521 g/mol. The lowest BCUT2D eigenvalue weighted by Gasteiger charge is -2.33. The van der Waals surface area contributed by atoms with Gasteiger partial charge in [-0.05, 0) is 82.2 Å². The molecule has 0 N–H and O–H groups in total. The van der Waals surface area contributed by atoms with Crippen LogP contribution in [0.3, 0.4) is 0 Å². The van der Waals surface area contributed by atoms with Gasteiger partial charge in [0.2, 0.25) is 5.78 Å². The van der Waals surface area contributed by atoms with Crippen molar-refractivity contribution in [2.24, 2.45) is 0 Å². The molecule has 1 amide bonds. The van der Waals surface area contributed by atoms with Crippen LogP contribution in [0.2, 0.25) is 5.02 Å². The van der Waals surface area contributed by atoms with E-state index in [-0.39, 0.29) is 11.7 Å². The largest absolute Gasteiger partial charge is 0.444 e. The predicted molar refractivity (Wildman–Crippen MR) is 147 cm³/mol. The number of halogens is 1. The number of carbonyl (C=O) groups is 1. The number of piperidine rings is 1. The zero-order chi connectivity index (χ0) is 25.9. The van der Waals surface area contributed by atoms with Crippen LogP contribution in [0.5, 0.6) is 0 Å². The Balaban J connectivity index is 1.43. The molecule has 194 valence electrons. The summed E-state index contributed by atoms with van der Waals surface area (Å²) in [4.78, 5) is 32.0. The van der Waals surface area contributed by atoms with E-state index in [1.165, 1.54) is 18.4 Å². The Bertz CT molecular complexity index is 1570. The van der Waals surface area contributed by atoms with Crippen LogP contribution in [0.25, 0.3) is 27.7 Å². The smallest absolute Gasteiger partial charge is 0.410 e. The van der Waals surface area contributed by atoms with E-state index in [1.807, 2.05) is 37.8 Å². The fourth-order valence-electron chi connectivity index (χ4n) is 6.14. The van der Waals surface area contributed by atoms with Crippen LogP contribution in [-0.2, 0) is 4.74 Å². The standard InChI is InChI=1S/C29H33ClN4O3/c1-29(2,3)37-28(36)32-15-13-18(14-16-32)19-11-12-22-24(17-19)33(20-7-4-5-8-20)27-31-26(35)25-21(30)9-6-10-23(25)34(22)27/h6,9-12,17-18,20H,4-5,7-8,13-16H2,1-3H3. The number of imidazole rings is 1. The maximum atomic E-state index is 13.1. The Morgan fingerprint density at radius 3 is 2.43 bits per heavy atom. The summed E-state index contributed by atoms with van der Waals surface area (Å²) in [6.45, 7) is 7.06. The minimum Gasteiger partial charge on any atom is -0.444 e. The van der Waals surface area contributed by atoms with E-state index in [2.05, 4.69) is 32.2 Å². The maximum Gasteiger partial charge on any atom is 0.410 e. The number of fused-ring (bicyclic) bond motifs is 5. The second-order valence-electron chi connectivity index (χ2n) is 11.5. The highest BCUT2D eigenvalue weighted by Gasteiger charge is 2.29. The van der Waals surface area contributed by atoms with E-state index >= 15 is 0 Å². The summed E-state index contributed by atoms with van der Waals surface area (Å²) in [6, 6.07) is 12.6. The number of rotatable bonds is 2. The summed E-state index contributed by atoms with van der Waals surface area (Å²) >= 11 is 6.45. The predicted octanol–water partition coefficient (Wildman–Crippen LogP) is 6.69. The van der Waals surface area contributed by atoms with Gasteiger partial charge in [-0.15, -0.1) is 0 Å². The highest BCUT2D eigenvalue weighted by molar-refractivity contribution is 6.35. The highest BCUT2D eigenvalue weighted by Crippen LogP contribution is 2.38. The molecule has 4 aromatic rings. The van der Waals surface area contributed by atoms with Crippen molar-refractivity contribution in [3.8, 4) is 0 Å². The lowest BCUT2D eigenvalue weighted by atomic mass is 9.89. The molecule has 2 aromatic heterocycles. The van der Waals surface area contributed by atoms with Gasteiger partial charge in [-0.3, -0.25) is 9.20 Å². The SMILES string of the molecule is CC(C)(C)OC(=O)N1CCC(c2ccc3c(c2)n(C2CCCC2)c2nc(=O)c4c(Cl)cccc4n32)CC1. The van der Waals surface area contributed by atoms with Gasteiger partial charge in [0.1, 0.15) is 5.60 Å². The van der Waals surface area contributed by atoms with Crippen LogP contribution in [0.1, 0.15) is 76.8 Å². The first kappa shape index (κ1) is 24.3. The molecule has 0 atom stereocenters. The van der Waals surface area contributed by atoms with Crippen molar-refractivity contribution in [1.82, 2.24) is 18.9 Å². The first-order chi connectivity index (χ1) is 17.7. The summed E-state index contributed by atoms with van der Waals surface area (Å²) in [5.74, 6) is 1.05. The molecule has 0 unspecified atom stereocenters. The van der Waals surface area contributed by atoms with Crippen LogP contribution in [0, 0.1) is 0 Å². The molecule has 0 bridgehead atoms. The summed E-state index contributed by atoms with van der Waals surface area (Å²) < 4.78 is 9.97. The number of ether oxygens (including phenoxy) is 1. The number of aromatic nitrogens is 3. The normalized spacial score (nSPS) is 17.9. The zero-order valence-electron chi connectivity index (χ0n) is 21.7. The quantitative estimate of drug-likeness (QED) is 0.295. The van der Waals surface area contributed by atoms with Gasteiger partial charge >= 0.3 is 6.09 Å². The molecule has 2 aliphatic rings. The first-order valence-electron chi connectivity index (χ1n) is 13.3. The Kier molecular flexibility index (Phi) is 5.94. The van der Waals surface area contributed by atoms with Crippen molar-refractivity contribution in [3.63, 3.8) is 0 Å². The molecule has 8 heteroatoms. The topological polar surface area (TPSA) is 68.8 Å². The Morgan fingerprint density at radius 2 is 1.73 bits per heavy atom. The van der Waals surface area contributed by atoms with E-state index < -0.39 is 5.60 Å². The van der Waals surface area contributed by atoms with Gasteiger partial charge in [-0.2, -0.15) is 4.98 Å². The van der Waals surface area contributed by atoms with Crippen molar-refractivity contribution >= 4 is 45.4 Å². The Labute approximate surface area is 221 Å². The number of amides is 1. The van der Waals surface area contributed by atoms with Crippen molar-refractivity contribution in [1.29, 1.82) is 0 Å². The van der Waals surface area contributed by atoms with Gasteiger partial charge in [0.25, 0.3) is 5.56 Å². The van der Waals surface area contributed by atoms with Gasteiger partial charge in [-0.25, -0.2) is 4.79 Å². The van der Waals surface area contributed by atoms with E-state index in [4.69, 9.17) is 16.3 Å². The third-order valence-electron chi connectivity index (χ3n) is 7.87. The number of carbonyl (C=O) groups excluding carboxylic acids is 1. The molecule has 6 rings (SSSR count). The summed E-state index contributed by atoms with van der Waals surface area (Å²) in [5, 5.41) is 0.894. The number of hydrogen-bond donors (Lipinski definition) is 0. The Hall–Kier alpha value is -3.06. The van der Waals surface area contributed by atoms with Crippen LogP contribution < -0.4 is 5.56 Å². The lowest BCUT2D eigenvalue weighted by molar-refractivity contribution is 0.0205. The second kappa shape index (κ2) is 9.05. The molecule has 7 nitrogen and oxygen atoms in total. The molecule has 1 aliphatic carbocycles. The summed E-state index contributed by atoms with van der Waals surface area (Å²) in [5.41, 5.74) is 3.44. The lowest BCUT2D eigenvalue weighted by Crippen LogP contribution is -2.41. The third kappa shape index (κ3) is 4.27. The van der Waals surface area contributed by atoms with Crippen molar-refractivity contribution < 1.29 is 9.53 Å². The maximum absolute atomic E-state index is 13.1. The fraction of sp³-hybridized carbons (Fsp3) is 0.483. The number of hydrogen-bond acceptors (Lipinski definition) is 4.